The lowest BCUT2D eigenvalue weighted by atomic mass is 10.2. The molecule has 2 rings (SSSR count). The molecule has 1 aliphatic carbocycles. The maximum absolute atomic E-state index is 12.1. The highest BCUT2D eigenvalue weighted by Gasteiger charge is 2.27. The van der Waals surface area contributed by atoms with Crippen LogP contribution >= 0.6 is 11.3 Å². The topological polar surface area (TPSA) is 94.2 Å². The SMILES string of the molecule is CN(C)CCNc1sc(C(=O)NC2CC2)c(N)c1C#N. The van der Waals surface area contributed by atoms with Gasteiger partial charge in [-0.2, -0.15) is 5.26 Å². The van der Waals surface area contributed by atoms with Gasteiger partial charge in [-0.3, -0.25) is 4.79 Å². The van der Waals surface area contributed by atoms with Crippen LogP contribution in [0.1, 0.15) is 28.1 Å². The Kier molecular flexibility index (Phi) is 4.47. The molecule has 1 aromatic rings. The number of hydrogen-bond donors (Lipinski definition) is 3. The molecule has 20 heavy (non-hydrogen) atoms. The lowest BCUT2D eigenvalue weighted by Crippen LogP contribution is -2.25. The molecule has 4 N–H and O–H groups in total. The number of likely N-dealkylation sites (N-methyl/N-ethyl adjacent to an activating group) is 1. The van der Waals surface area contributed by atoms with Crippen molar-refractivity contribution in [2.45, 2.75) is 18.9 Å². The van der Waals surface area contributed by atoms with Crippen LogP contribution in [0.15, 0.2) is 0 Å². The van der Waals surface area contributed by atoms with Gasteiger partial charge in [0, 0.05) is 19.1 Å². The Hall–Kier alpha value is -1.78. The van der Waals surface area contributed by atoms with Gasteiger partial charge < -0.3 is 21.3 Å². The second kappa shape index (κ2) is 6.11. The van der Waals surface area contributed by atoms with E-state index in [0.29, 0.717) is 22.0 Å². The van der Waals surface area contributed by atoms with Crippen LogP contribution in [0.2, 0.25) is 0 Å². The third kappa shape index (κ3) is 3.40. The highest BCUT2D eigenvalue weighted by Crippen LogP contribution is 2.35. The monoisotopic (exact) mass is 293 g/mol. The molecule has 0 aliphatic heterocycles. The highest BCUT2D eigenvalue weighted by molar-refractivity contribution is 7.18. The molecule has 1 fully saturated rings. The summed E-state index contributed by atoms with van der Waals surface area (Å²) in [7, 11) is 3.95. The number of nitrogens with zero attached hydrogens (tertiary/aromatic N) is 2. The summed E-state index contributed by atoms with van der Waals surface area (Å²) in [6.07, 6.45) is 2.05. The van der Waals surface area contributed by atoms with Crippen LogP contribution in [0, 0.1) is 11.3 Å². The third-order valence-electron chi connectivity index (χ3n) is 3.02. The summed E-state index contributed by atoms with van der Waals surface area (Å²) in [5, 5.41) is 15.9. The average molecular weight is 293 g/mol. The first-order valence-electron chi connectivity index (χ1n) is 6.54. The fraction of sp³-hybridized carbons (Fsp3) is 0.538. The normalized spacial score (nSPS) is 14.1. The van der Waals surface area contributed by atoms with Crippen LogP contribution in [-0.4, -0.2) is 44.0 Å². The van der Waals surface area contributed by atoms with E-state index < -0.39 is 0 Å². The van der Waals surface area contributed by atoms with Crippen molar-refractivity contribution in [2.24, 2.45) is 0 Å². The number of carbonyl (C=O) groups excluding carboxylic acids is 1. The number of carbonyl (C=O) groups is 1. The summed E-state index contributed by atoms with van der Waals surface area (Å²) >= 11 is 1.25. The minimum Gasteiger partial charge on any atom is -0.396 e. The van der Waals surface area contributed by atoms with Gasteiger partial charge in [-0.25, -0.2) is 0 Å². The van der Waals surface area contributed by atoms with Crippen LogP contribution < -0.4 is 16.4 Å². The average Bonchev–Trinajstić information content (AvgIpc) is 3.13. The molecule has 108 valence electrons. The predicted molar refractivity (Wildman–Crippen MR) is 81.0 cm³/mol. The van der Waals surface area contributed by atoms with Crippen molar-refractivity contribution in [2.75, 3.05) is 38.2 Å². The van der Waals surface area contributed by atoms with Gasteiger partial charge in [0.1, 0.15) is 21.5 Å². The molecule has 0 spiro atoms. The summed E-state index contributed by atoms with van der Waals surface area (Å²) in [5.74, 6) is -0.174. The number of nitrogens with one attached hydrogen (secondary N) is 2. The Labute approximate surface area is 122 Å². The fourth-order valence-electron chi connectivity index (χ4n) is 1.72. The number of anilines is 2. The zero-order chi connectivity index (χ0) is 14.7. The van der Waals surface area contributed by atoms with Crippen molar-refractivity contribution in [3.8, 4) is 6.07 Å². The largest absolute Gasteiger partial charge is 0.396 e. The van der Waals surface area contributed by atoms with E-state index in [2.05, 4.69) is 16.7 Å². The maximum Gasteiger partial charge on any atom is 0.263 e. The summed E-state index contributed by atoms with van der Waals surface area (Å²) in [4.78, 5) is 14.5. The van der Waals surface area contributed by atoms with Crippen molar-refractivity contribution in [1.29, 1.82) is 5.26 Å². The summed E-state index contributed by atoms with van der Waals surface area (Å²) in [6, 6.07) is 2.35. The Morgan fingerprint density at radius 2 is 2.25 bits per heavy atom. The van der Waals surface area contributed by atoms with E-state index in [1.54, 1.807) is 0 Å². The van der Waals surface area contributed by atoms with Crippen LogP contribution in [0.4, 0.5) is 10.7 Å². The van der Waals surface area contributed by atoms with Gasteiger partial charge in [-0.15, -0.1) is 11.3 Å². The Balaban J connectivity index is 2.11. The first-order chi connectivity index (χ1) is 9.52. The molecule has 6 nitrogen and oxygen atoms in total. The quantitative estimate of drug-likeness (QED) is 0.729. The summed E-state index contributed by atoms with van der Waals surface area (Å²) in [6.45, 7) is 1.54. The Morgan fingerprint density at radius 3 is 2.80 bits per heavy atom. The minimum atomic E-state index is -0.174. The third-order valence-corrected chi connectivity index (χ3v) is 4.18. The minimum absolute atomic E-state index is 0.174. The zero-order valence-electron chi connectivity index (χ0n) is 11.7. The van der Waals surface area contributed by atoms with Gasteiger partial charge in [0.2, 0.25) is 0 Å². The van der Waals surface area contributed by atoms with Crippen molar-refractivity contribution >= 4 is 27.9 Å². The molecular formula is C13H19N5OS. The highest BCUT2D eigenvalue weighted by atomic mass is 32.1. The van der Waals surface area contributed by atoms with Gasteiger partial charge in [-0.05, 0) is 26.9 Å². The van der Waals surface area contributed by atoms with Gasteiger partial charge in [0.25, 0.3) is 5.91 Å². The summed E-state index contributed by atoms with van der Waals surface area (Å²) in [5.41, 5.74) is 6.57. The number of nitriles is 1. The molecule has 0 bridgehead atoms. The maximum atomic E-state index is 12.1. The predicted octanol–water partition coefficient (Wildman–Crippen LogP) is 1.07. The molecule has 0 aromatic carbocycles. The molecular weight excluding hydrogens is 274 g/mol. The number of amides is 1. The molecule has 0 atom stereocenters. The van der Waals surface area contributed by atoms with Crippen LogP contribution in [-0.2, 0) is 0 Å². The van der Waals surface area contributed by atoms with Gasteiger partial charge >= 0.3 is 0 Å². The first kappa shape index (κ1) is 14.6. The second-order valence-corrected chi connectivity index (χ2v) is 6.16. The standard InChI is InChI=1S/C13H19N5OS/c1-18(2)6-5-16-13-9(7-14)10(15)11(20-13)12(19)17-8-3-4-8/h8,16H,3-6,15H2,1-2H3,(H,17,19). The van der Waals surface area contributed by atoms with Crippen molar-refractivity contribution in [1.82, 2.24) is 10.2 Å². The molecule has 0 radical (unpaired) electrons. The van der Waals surface area contributed by atoms with Crippen molar-refractivity contribution in [3.63, 3.8) is 0 Å². The Bertz CT molecular complexity index is 542. The van der Waals surface area contributed by atoms with Gasteiger partial charge in [-0.1, -0.05) is 0 Å². The lowest BCUT2D eigenvalue weighted by Gasteiger charge is -2.10. The molecule has 1 amide bonds. The van der Waals surface area contributed by atoms with Gasteiger partial charge in [0.15, 0.2) is 0 Å². The number of hydrogen-bond acceptors (Lipinski definition) is 6. The van der Waals surface area contributed by atoms with E-state index in [0.717, 1.165) is 19.4 Å². The molecule has 1 aliphatic rings. The molecule has 0 saturated heterocycles. The molecule has 1 aromatic heterocycles. The second-order valence-electron chi connectivity index (χ2n) is 5.14. The fourth-order valence-corrected chi connectivity index (χ4v) is 2.72. The molecule has 0 unspecified atom stereocenters. The van der Waals surface area contributed by atoms with E-state index in [-0.39, 0.29) is 17.6 Å². The van der Waals surface area contributed by atoms with Crippen LogP contribution in [0.25, 0.3) is 0 Å². The van der Waals surface area contributed by atoms with E-state index in [1.165, 1.54) is 11.3 Å². The number of nitrogen functional groups attached to an aromatic ring is 1. The number of rotatable bonds is 6. The molecule has 7 heteroatoms. The molecule has 1 saturated carbocycles. The molecule has 1 heterocycles. The summed E-state index contributed by atoms with van der Waals surface area (Å²) < 4.78 is 0. The van der Waals surface area contributed by atoms with Crippen LogP contribution in [0.5, 0.6) is 0 Å². The van der Waals surface area contributed by atoms with E-state index in [4.69, 9.17) is 5.73 Å². The van der Waals surface area contributed by atoms with E-state index >= 15 is 0 Å². The van der Waals surface area contributed by atoms with E-state index in [9.17, 15) is 10.1 Å². The van der Waals surface area contributed by atoms with Crippen molar-refractivity contribution < 1.29 is 4.79 Å². The van der Waals surface area contributed by atoms with Crippen LogP contribution in [0.3, 0.4) is 0 Å². The van der Waals surface area contributed by atoms with Gasteiger partial charge in [0.05, 0.1) is 5.69 Å². The first-order valence-corrected chi connectivity index (χ1v) is 7.36. The number of thiophene rings is 1. The lowest BCUT2D eigenvalue weighted by molar-refractivity contribution is 0.0956. The smallest absolute Gasteiger partial charge is 0.263 e. The Morgan fingerprint density at radius 1 is 1.55 bits per heavy atom. The van der Waals surface area contributed by atoms with Crippen molar-refractivity contribution in [3.05, 3.63) is 10.4 Å². The van der Waals surface area contributed by atoms with E-state index in [1.807, 2.05) is 19.0 Å². The zero-order valence-corrected chi connectivity index (χ0v) is 12.5. The number of nitrogens with two attached hydrogens (primary N) is 1.